The monoisotopic (exact) mass is 271 g/mol. The molecule has 4 nitrogen and oxygen atoms in total. The van der Waals surface area contributed by atoms with Crippen molar-refractivity contribution in [3.8, 4) is 11.6 Å². The highest BCUT2D eigenvalue weighted by atomic mass is 16.3. The van der Waals surface area contributed by atoms with Gasteiger partial charge in [-0.25, -0.2) is 9.97 Å². The molecule has 0 aromatic carbocycles. The standard InChI is InChI=1S/C16H21N3O/c1-5-17-15-10(3)11(4)18-16(19-15)14-7-6-13(20-14)12-8-9(12)2/h6-7,9,12H,5,8H2,1-4H3,(H,17,18,19). The molecule has 106 valence electrons. The van der Waals surface area contributed by atoms with E-state index in [9.17, 15) is 0 Å². The lowest BCUT2D eigenvalue weighted by molar-refractivity contribution is 0.515. The van der Waals surface area contributed by atoms with E-state index in [2.05, 4.69) is 35.2 Å². The summed E-state index contributed by atoms with van der Waals surface area (Å²) < 4.78 is 5.94. The second-order valence-corrected chi connectivity index (χ2v) is 5.66. The van der Waals surface area contributed by atoms with Crippen molar-refractivity contribution in [1.29, 1.82) is 0 Å². The largest absolute Gasteiger partial charge is 0.457 e. The van der Waals surface area contributed by atoms with E-state index < -0.39 is 0 Å². The molecule has 2 aromatic heterocycles. The van der Waals surface area contributed by atoms with E-state index in [0.29, 0.717) is 11.7 Å². The highest BCUT2D eigenvalue weighted by molar-refractivity contribution is 5.55. The van der Waals surface area contributed by atoms with Gasteiger partial charge in [-0.3, -0.25) is 0 Å². The minimum Gasteiger partial charge on any atom is -0.457 e. The predicted octanol–water partition coefficient (Wildman–Crippen LogP) is 3.91. The van der Waals surface area contributed by atoms with Gasteiger partial charge in [0.25, 0.3) is 0 Å². The lowest BCUT2D eigenvalue weighted by Crippen LogP contribution is -2.05. The lowest BCUT2D eigenvalue weighted by atomic mass is 10.2. The molecule has 1 saturated carbocycles. The van der Waals surface area contributed by atoms with Gasteiger partial charge in [0, 0.05) is 23.7 Å². The molecule has 0 saturated heterocycles. The van der Waals surface area contributed by atoms with Crippen molar-refractivity contribution in [3.05, 3.63) is 29.2 Å². The van der Waals surface area contributed by atoms with Crippen molar-refractivity contribution in [2.24, 2.45) is 5.92 Å². The second-order valence-electron chi connectivity index (χ2n) is 5.66. The third-order valence-electron chi connectivity index (χ3n) is 4.06. The maximum Gasteiger partial charge on any atom is 0.197 e. The topological polar surface area (TPSA) is 51.0 Å². The molecule has 0 radical (unpaired) electrons. The SMILES string of the molecule is CCNc1nc(-c2ccc(C3CC3C)o2)nc(C)c1C. The summed E-state index contributed by atoms with van der Waals surface area (Å²) in [6, 6.07) is 4.05. The van der Waals surface area contributed by atoms with Crippen LogP contribution >= 0.6 is 0 Å². The van der Waals surface area contributed by atoms with Gasteiger partial charge in [-0.2, -0.15) is 0 Å². The molecular formula is C16H21N3O. The number of nitrogens with one attached hydrogen (secondary N) is 1. The second kappa shape index (κ2) is 4.93. The van der Waals surface area contributed by atoms with Gasteiger partial charge >= 0.3 is 0 Å². The summed E-state index contributed by atoms with van der Waals surface area (Å²) in [4.78, 5) is 9.14. The summed E-state index contributed by atoms with van der Waals surface area (Å²) in [6.07, 6.45) is 1.23. The molecule has 0 bridgehead atoms. The van der Waals surface area contributed by atoms with Crippen molar-refractivity contribution in [3.63, 3.8) is 0 Å². The van der Waals surface area contributed by atoms with Crippen molar-refractivity contribution in [1.82, 2.24) is 9.97 Å². The van der Waals surface area contributed by atoms with Crippen LogP contribution in [-0.2, 0) is 0 Å². The van der Waals surface area contributed by atoms with Crippen molar-refractivity contribution in [2.45, 2.75) is 40.0 Å². The fourth-order valence-corrected chi connectivity index (χ4v) is 2.47. The van der Waals surface area contributed by atoms with Gasteiger partial charge in [-0.15, -0.1) is 0 Å². The van der Waals surface area contributed by atoms with Crippen LogP contribution in [0.5, 0.6) is 0 Å². The fraction of sp³-hybridized carbons (Fsp3) is 0.500. The van der Waals surface area contributed by atoms with Crippen molar-refractivity contribution >= 4 is 5.82 Å². The Morgan fingerprint density at radius 2 is 2.05 bits per heavy atom. The lowest BCUT2D eigenvalue weighted by Gasteiger charge is -2.09. The molecule has 0 amide bonds. The van der Waals surface area contributed by atoms with Crippen LogP contribution < -0.4 is 5.32 Å². The van der Waals surface area contributed by atoms with Crippen LogP contribution in [0, 0.1) is 19.8 Å². The molecule has 1 aliphatic rings. The number of rotatable bonds is 4. The molecule has 0 spiro atoms. The average Bonchev–Trinajstić information content (AvgIpc) is 2.96. The van der Waals surface area contributed by atoms with Gasteiger partial charge < -0.3 is 9.73 Å². The highest BCUT2D eigenvalue weighted by Gasteiger charge is 2.36. The third kappa shape index (κ3) is 2.30. The van der Waals surface area contributed by atoms with Gasteiger partial charge in [0.05, 0.1) is 0 Å². The normalized spacial score (nSPS) is 21.0. The molecule has 1 fully saturated rings. The first-order valence-corrected chi connectivity index (χ1v) is 7.29. The molecule has 2 unspecified atom stereocenters. The molecule has 2 heterocycles. The molecule has 2 aromatic rings. The minimum absolute atomic E-state index is 0.587. The Morgan fingerprint density at radius 3 is 2.70 bits per heavy atom. The zero-order valence-corrected chi connectivity index (χ0v) is 12.5. The minimum atomic E-state index is 0.587. The number of furan rings is 1. The van der Waals surface area contributed by atoms with Crippen LogP contribution in [0.3, 0.4) is 0 Å². The van der Waals surface area contributed by atoms with Gasteiger partial charge in [0.1, 0.15) is 11.6 Å². The molecule has 20 heavy (non-hydrogen) atoms. The van der Waals surface area contributed by atoms with E-state index >= 15 is 0 Å². The summed E-state index contributed by atoms with van der Waals surface area (Å²) in [5.41, 5.74) is 2.09. The van der Waals surface area contributed by atoms with Crippen molar-refractivity contribution in [2.75, 3.05) is 11.9 Å². The van der Waals surface area contributed by atoms with E-state index in [4.69, 9.17) is 4.42 Å². The van der Waals surface area contributed by atoms with Crippen LogP contribution in [-0.4, -0.2) is 16.5 Å². The van der Waals surface area contributed by atoms with Gasteiger partial charge in [0.2, 0.25) is 0 Å². The van der Waals surface area contributed by atoms with Gasteiger partial charge in [-0.1, -0.05) is 6.92 Å². The first-order chi connectivity index (χ1) is 9.60. The maximum atomic E-state index is 5.94. The Labute approximate surface area is 119 Å². The number of aryl methyl sites for hydroxylation is 1. The summed E-state index contributed by atoms with van der Waals surface area (Å²) in [7, 11) is 0. The van der Waals surface area contributed by atoms with E-state index in [-0.39, 0.29) is 0 Å². The fourth-order valence-electron chi connectivity index (χ4n) is 2.47. The summed E-state index contributed by atoms with van der Waals surface area (Å²) in [5, 5.41) is 3.28. The number of nitrogens with zero attached hydrogens (tertiary/aromatic N) is 2. The van der Waals surface area contributed by atoms with Crippen LogP contribution in [0.1, 0.15) is 43.2 Å². The maximum absolute atomic E-state index is 5.94. The van der Waals surface area contributed by atoms with Crippen LogP contribution in [0.4, 0.5) is 5.82 Å². The molecule has 0 aliphatic heterocycles. The molecule has 3 rings (SSSR count). The first kappa shape index (κ1) is 13.2. The third-order valence-corrected chi connectivity index (χ3v) is 4.06. The summed E-state index contributed by atoms with van der Waals surface area (Å²) in [6.45, 7) is 9.21. The van der Waals surface area contributed by atoms with Gasteiger partial charge in [-0.05, 0) is 45.2 Å². The zero-order valence-electron chi connectivity index (χ0n) is 12.5. The van der Waals surface area contributed by atoms with Gasteiger partial charge in [0.15, 0.2) is 11.6 Å². The predicted molar refractivity (Wildman–Crippen MR) is 79.9 cm³/mol. The van der Waals surface area contributed by atoms with Crippen LogP contribution in [0.15, 0.2) is 16.5 Å². The number of hydrogen-bond acceptors (Lipinski definition) is 4. The molecule has 1 aliphatic carbocycles. The zero-order chi connectivity index (χ0) is 14.3. The van der Waals surface area contributed by atoms with E-state index in [1.54, 1.807) is 0 Å². The first-order valence-electron chi connectivity index (χ1n) is 7.29. The van der Waals surface area contributed by atoms with Crippen LogP contribution in [0.2, 0.25) is 0 Å². The van der Waals surface area contributed by atoms with E-state index in [1.807, 2.05) is 19.9 Å². The Balaban J connectivity index is 1.95. The molecule has 1 N–H and O–H groups in total. The van der Waals surface area contributed by atoms with Crippen LogP contribution in [0.25, 0.3) is 11.6 Å². The number of aromatic nitrogens is 2. The van der Waals surface area contributed by atoms with E-state index in [1.165, 1.54) is 6.42 Å². The smallest absolute Gasteiger partial charge is 0.197 e. The summed E-state index contributed by atoms with van der Waals surface area (Å²) >= 11 is 0. The number of anilines is 1. The Morgan fingerprint density at radius 1 is 1.30 bits per heavy atom. The highest BCUT2D eigenvalue weighted by Crippen LogP contribution is 2.47. The number of hydrogen-bond donors (Lipinski definition) is 1. The molecule has 2 atom stereocenters. The summed E-state index contributed by atoms with van der Waals surface area (Å²) in [5.74, 6) is 4.73. The Kier molecular flexibility index (Phi) is 3.24. The average molecular weight is 271 g/mol. The van der Waals surface area contributed by atoms with Crippen molar-refractivity contribution < 1.29 is 4.42 Å². The van der Waals surface area contributed by atoms with E-state index in [0.717, 1.165) is 41.1 Å². The molecular weight excluding hydrogens is 250 g/mol. The Hall–Kier alpha value is -1.84. The quantitative estimate of drug-likeness (QED) is 0.916. The molecule has 4 heteroatoms. The Bertz CT molecular complexity index is 633.